The normalized spacial score (nSPS) is 14.2. The number of ether oxygens (including phenoxy) is 1. The van der Waals surface area contributed by atoms with Crippen molar-refractivity contribution in [3.8, 4) is 5.75 Å². The van der Waals surface area contributed by atoms with E-state index in [0.29, 0.717) is 6.54 Å². The zero-order valence-electron chi connectivity index (χ0n) is 15.1. The fourth-order valence-corrected chi connectivity index (χ4v) is 3.79. The molecule has 1 saturated heterocycles. The average Bonchev–Trinajstić information content (AvgIpc) is 2.72. The van der Waals surface area contributed by atoms with E-state index in [9.17, 15) is 4.79 Å². The van der Waals surface area contributed by atoms with Gasteiger partial charge < -0.3 is 19.9 Å². The van der Waals surface area contributed by atoms with Gasteiger partial charge in [-0.2, -0.15) is 0 Å². The smallest absolute Gasteiger partial charge is 0.317 e. The molecule has 0 saturated carbocycles. The predicted octanol–water partition coefficient (Wildman–Crippen LogP) is 3.32. The molecule has 2 aromatic rings. The van der Waals surface area contributed by atoms with Crippen molar-refractivity contribution in [2.45, 2.75) is 4.90 Å². The molecule has 2 aromatic carbocycles. The summed E-state index contributed by atoms with van der Waals surface area (Å²) in [6.07, 6.45) is 0. The summed E-state index contributed by atoms with van der Waals surface area (Å²) in [7, 11) is 1.69. The van der Waals surface area contributed by atoms with Gasteiger partial charge in [-0.1, -0.05) is 30.3 Å². The Balaban J connectivity index is 1.41. The van der Waals surface area contributed by atoms with Crippen LogP contribution in [0.3, 0.4) is 0 Å². The van der Waals surface area contributed by atoms with Gasteiger partial charge in [-0.05, 0) is 24.3 Å². The number of para-hydroxylation sites is 2. The molecule has 1 N–H and O–H groups in total. The molecule has 26 heavy (non-hydrogen) atoms. The average molecular weight is 372 g/mol. The largest absolute Gasteiger partial charge is 0.495 e. The molecule has 3 rings (SSSR count). The number of thioether (sulfide) groups is 1. The highest BCUT2D eigenvalue weighted by molar-refractivity contribution is 7.99. The molecule has 0 atom stereocenters. The van der Waals surface area contributed by atoms with Gasteiger partial charge >= 0.3 is 6.03 Å². The number of hydrogen-bond acceptors (Lipinski definition) is 4. The first kappa shape index (κ1) is 18.5. The molecule has 0 unspecified atom stereocenters. The van der Waals surface area contributed by atoms with E-state index in [4.69, 9.17) is 4.74 Å². The molecule has 0 aliphatic carbocycles. The van der Waals surface area contributed by atoms with Crippen molar-refractivity contribution in [3.05, 3.63) is 54.6 Å². The lowest BCUT2D eigenvalue weighted by Gasteiger charge is -2.36. The van der Waals surface area contributed by atoms with Gasteiger partial charge in [0.2, 0.25) is 0 Å². The lowest BCUT2D eigenvalue weighted by atomic mass is 10.2. The lowest BCUT2D eigenvalue weighted by Crippen LogP contribution is -2.52. The minimum absolute atomic E-state index is 0.0262. The number of methoxy groups -OCH3 is 1. The van der Waals surface area contributed by atoms with E-state index in [0.717, 1.165) is 43.4 Å². The van der Waals surface area contributed by atoms with E-state index in [2.05, 4.69) is 28.4 Å². The molecule has 138 valence electrons. The van der Waals surface area contributed by atoms with Crippen molar-refractivity contribution in [1.29, 1.82) is 0 Å². The van der Waals surface area contributed by atoms with Gasteiger partial charge in [0.25, 0.3) is 0 Å². The summed E-state index contributed by atoms with van der Waals surface area (Å²) >= 11 is 1.76. The number of amides is 2. The Morgan fingerprint density at radius 3 is 2.46 bits per heavy atom. The summed E-state index contributed by atoms with van der Waals surface area (Å²) in [5, 5.41) is 3.02. The quantitative estimate of drug-likeness (QED) is 0.625. The van der Waals surface area contributed by atoms with Gasteiger partial charge in [0, 0.05) is 43.4 Å². The fourth-order valence-electron chi connectivity index (χ4n) is 3.00. The molecule has 0 radical (unpaired) electrons. The van der Waals surface area contributed by atoms with Gasteiger partial charge in [0.15, 0.2) is 0 Å². The fraction of sp³-hybridized carbons (Fsp3) is 0.350. The van der Waals surface area contributed by atoms with Crippen molar-refractivity contribution in [1.82, 2.24) is 10.2 Å². The van der Waals surface area contributed by atoms with Crippen LogP contribution < -0.4 is 15.0 Å². The van der Waals surface area contributed by atoms with Gasteiger partial charge in [-0.3, -0.25) is 0 Å². The molecule has 1 aliphatic heterocycles. The van der Waals surface area contributed by atoms with Crippen LogP contribution in [0.1, 0.15) is 0 Å². The second-order valence-corrected chi connectivity index (χ2v) is 7.21. The number of urea groups is 1. The molecule has 6 heteroatoms. The van der Waals surface area contributed by atoms with E-state index in [1.807, 2.05) is 41.3 Å². The predicted molar refractivity (Wildman–Crippen MR) is 107 cm³/mol. The maximum Gasteiger partial charge on any atom is 0.317 e. The Morgan fingerprint density at radius 1 is 1.04 bits per heavy atom. The molecular weight excluding hydrogens is 346 g/mol. The van der Waals surface area contributed by atoms with Crippen LogP contribution in [0.25, 0.3) is 0 Å². The number of carbonyl (C=O) groups excluding carboxylic acids is 1. The monoisotopic (exact) mass is 371 g/mol. The maximum atomic E-state index is 12.3. The van der Waals surface area contributed by atoms with Crippen LogP contribution in [0.2, 0.25) is 0 Å². The number of nitrogens with zero attached hydrogens (tertiary/aromatic N) is 2. The SMILES string of the molecule is COc1ccccc1N1CCN(C(=O)NCCSc2ccccc2)CC1. The minimum Gasteiger partial charge on any atom is -0.495 e. The topological polar surface area (TPSA) is 44.8 Å². The number of benzene rings is 2. The first-order chi connectivity index (χ1) is 12.8. The van der Waals surface area contributed by atoms with E-state index < -0.39 is 0 Å². The maximum absolute atomic E-state index is 12.3. The molecule has 0 bridgehead atoms. The van der Waals surface area contributed by atoms with Crippen LogP contribution in [0, 0.1) is 0 Å². The third kappa shape index (κ3) is 4.85. The first-order valence-electron chi connectivity index (χ1n) is 8.86. The van der Waals surface area contributed by atoms with Gasteiger partial charge in [-0.25, -0.2) is 4.79 Å². The van der Waals surface area contributed by atoms with E-state index in [1.54, 1.807) is 18.9 Å². The summed E-state index contributed by atoms with van der Waals surface area (Å²) in [6.45, 7) is 3.73. The van der Waals surface area contributed by atoms with Gasteiger partial charge in [-0.15, -0.1) is 11.8 Å². The first-order valence-corrected chi connectivity index (χ1v) is 9.85. The second-order valence-electron chi connectivity index (χ2n) is 6.04. The van der Waals surface area contributed by atoms with Crippen LogP contribution in [0.5, 0.6) is 5.75 Å². The molecule has 1 heterocycles. The van der Waals surface area contributed by atoms with Crippen LogP contribution >= 0.6 is 11.8 Å². The third-order valence-corrected chi connectivity index (χ3v) is 5.40. The molecular formula is C20H25N3O2S. The third-order valence-electron chi connectivity index (χ3n) is 4.38. The van der Waals surface area contributed by atoms with E-state index in [-0.39, 0.29) is 6.03 Å². The summed E-state index contributed by atoms with van der Waals surface area (Å²) in [5.41, 5.74) is 1.09. The molecule has 0 spiro atoms. The highest BCUT2D eigenvalue weighted by Crippen LogP contribution is 2.28. The number of carbonyl (C=O) groups is 1. The number of hydrogen-bond donors (Lipinski definition) is 1. The highest BCUT2D eigenvalue weighted by atomic mass is 32.2. The summed E-state index contributed by atoms with van der Waals surface area (Å²) in [4.78, 5) is 17.7. The van der Waals surface area contributed by atoms with Crippen LogP contribution in [-0.2, 0) is 0 Å². The Kier molecular flexibility index (Phi) is 6.66. The lowest BCUT2D eigenvalue weighted by molar-refractivity contribution is 0.195. The van der Waals surface area contributed by atoms with Crippen molar-refractivity contribution in [2.75, 3.05) is 50.5 Å². The summed E-state index contributed by atoms with van der Waals surface area (Å²) in [5.74, 6) is 1.75. The zero-order chi connectivity index (χ0) is 18.2. The Bertz CT molecular complexity index is 703. The van der Waals surface area contributed by atoms with Crippen LogP contribution in [0.4, 0.5) is 10.5 Å². The Labute approximate surface area is 159 Å². The molecule has 2 amide bonds. The number of nitrogens with one attached hydrogen (secondary N) is 1. The van der Waals surface area contributed by atoms with Crippen molar-refractivity contribution in [3.63, 3.8) is 0 Å². The van der Waals surface area contributed by atoms with Crippen molar-refractivity contribution < 1.29 is 9.53 Å². The molecule has 1 fully saturated rings. The molecule has 0 aromatic heterocycles. The standard InChI is InChI=1S/C20H25N3O2S/c1-25-19-10-6-5-9-18(19)22-12-14-23(15-13-22)20(24)21-11-16-26-17-7-3-2-4-8-17/h2-10H,11-16H2,1H3,(H,21,24). The number of rotatable bonds is 6. The number of piperazine rings is 1. The van der Waals surface area contributed by atoms with Gasteiger partial charge in [0.1, 0.15) is 5.75 Å². The molecule has 5 nitrogen and oxygen atoms in total. The van der Waals surface area contributed by atoms with Crippen molar-refractivity contribution >= 4 is 23.5 Å². The number of anilines is 1. The summed E-state index contributed by atoms with van der Waals surface area (Å²) < 4.78 is 5.44. The van der Waals surface area contributed by atoms with E-state index >= 15 is 0 Å². The zero-order valence-corrected chi connectivity index (χ0v) is 15.9. The van der Waals surface area contributed by atoms with E-state index in [1.165, 1.54) is 4.90 Å². The van der Waals surface area contributed by atoms with Crippen LogP contribution in [-0.4, -0.2) is 56.5 Å². The molecule has 1 aliphatic rings. The second kappa shape index (κ2) is 9.38. The summed E-state index contributed by atoms with van der Waals surface area (Å²) in [6, 6.07) is 18.3. The van der Waals surface area contributed by atoms with Crippen LogP contribution in [0.15, 0.2) is 59.5 Å². The van der Waals surface area contributed by atoms with Gasteiger partial charge in [0.05, 0.1) is 12.8 Å². The highest BCUT2D eigenvalue weighted by Gasteiger charge is 2.22. The Morgan fingerprint density at radius 2 is 1.73 bits per heavy atom. The minimum atomic E-state index is 0.0262. The Hall–Kier alpha value is -2.34. The van der Waals surface area contributed by atoms with Crippen molar-refractivity contribution in [2.24, 2.45) is 0 Å².